The zero-order valence-corrected chi connectivity index (χ0v) is 11.7. The Hall–Kier alpha value is -1.13. The number of nitrogens with one attached hydrogen (secondary N) is 1. The van der Waals surface area contributed by atoms with E-state index in [9.17, 15) is 0 Å². The molecule has 0 aromatic carbocycles. The van der Waals surface area contributed by atoms with Gasteiger partial charge in [-0.25, -0.2) is 4.98 Å². The number of anilines is 1. The zero-order valence-electron chi connectivity index (χ0n) is 11.7. The third-order valence-electron chi connectivity index (χ3n) is 3.63. The Morgan fingerprint density at radius 3 is 2.78 bits per heavy atom. The van der Waals surface area contributed by atoms with Crippen molar-refractivity contribution in [2.45, 2.75) is 32.4 Å². The molecular formula is C14H23N3O. The largest absolute Gasteiger partial charge is 0.377 e. The van der Waals surface area contributed by atoms with Crippen molar-refractivity contribution in [2.24, 2.45) is 0 Å². The SMILES string of the molecule is CNC(C)c1ccc(N2CCOCC2(C)C)nc1. The molecular weight excluding hydrogens is 226 g/mol. The Balaban J connectivity index is 2.18. The van der Waals surface area contributed by atoms with Crippen molar-refractivity contribution in [3.63, 3.8) is 0 Å². The number of nitrogens with zero attached hydrogens (tertiary/aromatic N) is 2. The number of pyridine rings is 1. The van der Waals surface area contributed by atoms with Crippen LogP contribution in [0.5, 0.6) is 0 Å². The monoisotopic (exact) mass is 249 g/mol. The minimum atomic E-state index is 0.0153. The number of aromatic nitrogens is 1. The first-order valence-corrected chi connectivity index (χ1v) is 6.53. The van der Waals surface area contributed by atoms with E-state index in [1.807, 2.05) is 13.2 Å². The highest BCUT2D eigenvalue weighted by atomic mass is 16.5. The van der Waals surface area contributed by atoms with Gasteiger partial charge in [0, 0.05) is 18.8 Å². The van der Waals surface area contributed by atoms with Crippen LogP contribution in [0.3, 0.4) is 0 Å². The molecule has 1 saturated heterocycles. The first kappa shape index (κ1) is 13.3. The smallest absolute Gasteiger partial charge is 0.129 e. The van der Waals surface area contributed by atoms with Crippen LogP contribution in [0.1, 0.15) is 32.4 Å². The van der Waals surface area contributed by atoms with Crippen molar-refractivity contribution in [2.75, 3.05) is 31.7 Å². The number of ether oxygens (including phenoxy) is 1. The second-order valence-corrected chi connectivity index (χ2v) is 5.48. The second-order valence-electron chi connectivity index (χ2n) is 5.48. The Morgan fingerprint density at radius 1 is 1.44 bits per heavy atom. The summed E-state index contributed by atoms with van der Waals surface area (Å²) in [5, 5.41) is 3.22. The van der Waals surface area contributed by atoms with Crippen molar-refractivity contribution in [3.8, 4) is 0 Å². The molecule has 18 heavy (non-hydrogen) atoms. The predicted molar refractivity (Wildman–Crippen MR) is 74.0 cm³/mol. The summed E-state index contributed by atoms with van der Waals surface area (Å²) < 4.78 is 5.54. The molecule has 0 spiro atoms. The molecule has 1 aliphatic rings. The maximum absolute atomic E-state index is 5.54. The van der Waals surface area contributed by atoms with Crippen LogP contribution in [0.15, 0.2) is 18.3 Å². The molecule has 1 aromatic heterocycles. The van der Waals surface area contributed by atoms with Gasteiger partial charge >= 0.3 is 0 Å². The Morgan fingerprint density at radius 2 is 2.22 bits per heavy atom. The Kier molecular flexibility index (Phi) is 3.88. The molecule has 0 bridgehead atoms. The average molecular weight is 249 g/mol. The second kappa shape index (κ2) is 5.24. The molecule has 0 amide bonds. The molecule has 4 nitrogen and oxygen atoms in total. The van der Waals surface area contributed by atoms with Crippen molar-refractivity contribution in [3.05, 3.63) is 23.9 Å². The van der Waals surface area contributed by atoms with Gasteiger partial charge in [0.05, 0.1) is 18.8 Å². The van der Waals surface area contributed by atoms with E-state index in [1.165, 1.54) is 5.56 Å². The van der Waals surface area contributed by atoms with E-state index in [4.69, 9.17) is 4.74 Å². The summed E-state index contributed by atoms with van der Waals surface area (Å²) in [6.07, 6.45) is 1.96. The normalized spacial score (nSPS) is 20.8. The first-order chi connectivity index (χ1) is 8.54. The van der Waals surface area contributed by atoms with Gasteiger partial charge < -0.3 is 15.0 Å². The highest BCUT2D eigenvalue weighted by molar-refractivity contribution is 5.43. The van der Waals surface area contributed by atoms with Crippen molar-refractivity contribution in [1.29, 1.82) is 0 Å². The van der Waals surface area contributed by atoms with E-state index in [0.717, 1.165) is 25.6 Å². The van der Waals surface area contributed by atoms with Gasteiger partial charge in [-0.05, 0) is 39.4 Å². The quantitative estimate of drug-likeness (QED) is 0.889. The fourth-order valence-electron chi connectivity index (χ4n) is 2.26. The standard InChI is InChI=1S/C14H23N3O/c1-11(15-4)12-5-6-13(16-9-12)17-7-8-18-10-14(17,2)3/h5-6,9,11,15H,7-8,10H2,1-4H3. The summed E-state index contributed by atoms with van der Waals surface area (Å²) >= 11 is 0. The molecule has 0 saturated carbocycles. The van der Waals surface area contributed by atoms with Gasteiger partial charge in [0.1, 0.15) is 5.82 Å². The molecule has 1 unspecified atom stereocenters. The van der Waals surface area contributed by atoms with Crippen LogP contribution < -0.4 is 10.2 Å². The Bertz CT molecular complexity index is 389. The highest BCUT2D eigenvalue weighted by Gasteiger charge is 2.31. The topological polar surface area (TPSA) is 37.4 Å². The van der Waals surface area contributed by atoms with E-state index in [0.29, 0.717) is 6.04 Å². The summed E-state index contributed by atoms with van der Waals surface area (Å²) in [4.78, 5) is 6.92. The average Bonchev–Trinajstić information content (AvgIpc) is 2.37. The van der Waals surface area contributed by atoms with Crippen LogP contribution in [0.2, 0.25) is 0 Å². The molecule has 100 valence electrons. The van der Waals surface area contributed by atoms with E-state index in [1.54, 1.807) is 0 Å². The van der Waals surface area contributed by atoms with E-state index < -0.39 is 0 Å². The first-order valence-electron chi connectivity index (χ1n) is 6.53. The maximum atomic E-state index is 5.54. The number of morpholine rings is 1. The van der Waals surface area contributed by atoms with Gasteiger partial charge in [-0.2, -0.15) is 0 Å². The lowest BCUT2D eigenvalue weighted by Crippen LogP contribution is -2.53. The summed E-state index contributed by atoms with van der Waals surface area (Å²) in [6, 6.07) is 4.59. The van der Waals surface area contributed by atoms with Crippen LogP contribution in [-0.2, 0) is 4.74 Å². The van der Waals surface area contributed by atoms with Gasteiger partial charge in [0.2, 0.25) is 0 Å². The molecule has 1 atom stereocenters. The molecule has 0 aliphatic carbocycles. The van der Waals surface area contributed by atoms with Gasteiger partial charge in [0.25, 0.3) is 0 Å². The van der Waals surface area contributed by atoms with E-state index >= 15 is 0 Å². The lowest BCUT2D eigenvalue weighted by Gasteiger charge is -2.43. The van der Waals surface area contributed by atoms with Crippen LogP contribution in [0.4, 0.5) is 5.82 Å². The Labute approximate surface area is 109 Å². The molecule has 4 heteroatoms. The third kappa shape index (κ3) is 2.65. The fraction of sp³-hybridized carbons (Fsp3) is 0.643. The highest BCUT2D eigenvalue weighted by Crippen LogP contribution is 2.25. The van der Waals surface area contributed by atoms with Crippen LogP contribution in [-0.4, -0.2) is 37.3 Å². The number of rotatable bonds is 3. The van der Waals surface area contributed by atoms with E-state index in [2.05, 4.69) is 48.1 Å². The van der Waals surface area contributed by atoms with Crippen LogP contribution >= 0.6 is 0 Å². The number of hydrogen-bond donors (Lipinski definition) is 1. The van der Waals surface area contributed by atoms with Crippen LogP contribution in [0, 0.1) is 0 Å². The molecule has 2 heterocycles. The van der Waals surface area contributed by atoms with Crippen molar-refractivity contribution >= 4 is 5.82 Å². The van der Waals surface area contributed by atoms with Crippen LogP contribution in [0.25, 0.3) is 0 Å². The van der Waals surface area contributed by atoms with Gasteiger partial charge in [-0.15, -0.1) is 0 Å². The third-order valence-corrected chi connectivity index (χ3v) is 3.63. The van der Waals surface area contributed by atoms with E-state index in [-0.39, 0.29) is 5.54 Å². The summed E-state index contributed by atoms with van der Waals surface area (Å²) in [5.74, 6) is 1.04. The zero-order chi connectivity index (χ0) is 13.2. The maximum Gasteiger partial charge on any atom is 0.129 e. The van der Waals surface area contributed by atoms with Crippen molar-refractivity contribution < 1.29 is 4.74 Å². The molecule has 1 fully saturated rings. The molecule has 0 radical (unpaired) electrons. The lowest BCUT2D eigenvalue weighted by atomic mass is 10.0. The molecule has 2 rings (SSSR count). The molecule has 1 aromatic rings. The predicted octanol–water partition coefficient (Wildman–Crippen LogP) is 1.98. The van der Waals surface area contributed by atoms with Gasteiger partial charge in [-0.1, -0.05) is 6.07 Å². The summed E-state index contributed by atoms with van der Waals surface area (Å²) in [6.45, 7) is 8.95. The lowest BCUT2D eigenvalue weighted by molar-refractivity contribution is 0.0639. The number of hydrogen-bond acceptors (Lipinski definition) is 4. The molecule has 1 aliphatic heterocycles. The van der Waals surface area contributed by atoms with Gasteiger partial charge in [0.15, 0.2) is 0 Å². The minimum Gasteiger partial charge on any atom is -0.377 e. The van der Waals surface area contributed by atoms with Crippen molar-refractivity contribution in [1.82, 2.24) is 10.3 Å². The minimum absolute atomic E-state index is 0.0153. The summed E-state index contributed by atoms with van der Waals surface area (Å²) in [7, 11) is 1.96. The molecule has 1 N–H and O–H groups in total. The summed E-state index contributed by atoms with van der Waals surface area (Å²) in [5.41, 5.74) is 1.23. The fourth-order valence-corrected chi connectivity index (χ4v) is 2.26. The van der Waals surface area contributed by atoms with Gasteiger partial charge in [-0.3, -0.25) is 0 Å².